The molecule has 8 heterocycles. The highest BCUT2D eigenvalue weighted by molar-refractivity contribution is 5.76. The second-order valence-electron chi connectivity index (χ2n) is 17.9. The van der Waals surface area contributed by atoms with Crippen LogP contribution in [-0.2, 0) is 12.8 Å². The lowest BCUT2D eigenvalue weighted by atomic mass is 9.99. The van der Waals surface area contributed by atoms with E-state index >= 15 is 0 Å². The first-order valence-electron chi connectivity index (χ1n) is 22.2. The Balaban J connectivity index is 0.000000162. The molecule has 4 aliphatic rings. The van der Waals surface area contributed by atoms with Crippen molar-refractivity contribution in [3.8, 4) is 11.5 Å². The van der Waals surface area contributed by atoms with E-state index in [0.717, 1.165) is 84.1 Å². The number of rotatable bonds is 10. The van der Waals surface area contributed by atoms with Crippen LogP contribution in [0.15, 0.2) is 73.6 Å². The van der Waals surface area contributed by atoms with Gasteiger partial charge in [-0.25, -0.2) is 19.0 Å². The number of benzene rings is 2. The molecule has 4 aliphatic heterocycles. The summed E-state index contributed by atoms with van der Waals surface area (Å²) in [6, 6.07) is 11.5. The fraction of sp³-hybridized carbons (Fsp3) is 0.478. The van der Waals surface area contributed by atoms with Gasteiger partial charge in [0, 0.05) is 87.1 Å². The Labute approximate surface area is 370 Å². The summed E-state index contributed by atoms with van der Waals surface area (Å²) in [5.74, 6) is 1.50. The number of fused-ring (bicyclic) bond motifs is 4. The maximum Gasteiger partial charge on any atom is 0.162 e. The van der Waals surface area contributed by atoms with Gasteiger partial charge in [0.05, 0.1) is 71.7 Å². The van der Waals surface area contributed by atoms with Gasteiger partial charge in [0.1, 0.15) is 22.7 Å². The second kappa shape index (κ2) is 18.0. The number of nitrogens with one attached hydrogen (secondary N) is 2. The van der Waals surface area contributed by atoms with Crippen LogP contribution < -0.4 is 29.9 Å². The standard InChI is InChI=1S/2C23H29N5O4/c2*1-23(14-29)12-15-10-18(26-22(31)17-13-25-28-8-3-6-24-21(17)28)19(11-20(15)32-23)27-7-2-4-16(30)5-9-27/h2*3,6,8,10-11,13,16,22,26,29-31H,2,4-5,7,9,12,14H2,1H3/t16-,22?,23+;16-,22?,23-/m11/s1. The maximum absolute atomic E-state index is 11.0. The van der Waals surface area contributed by atoms with Crippen molar-refractivity contribution >= 4 is 34.0 Å². The van der Waals surface area contributed by atoms with E-state index in [1.54, 1.807) is 58.3 Å². The van der Waals surface area contributed by atoms with Gasteiger partial charge in [-0.15, -0.1) is 0 Å². The summed E-state index contributed by atoms with van der Waals surface area (Å²) in [4.78, 5) is 13.1. The number of ether oxygens (including phenoxy) is 2. The summed E-state index contributed by atoms with van der Waals surface area (Å²) in [6.45, 7) is 6.65. The number of hydrogen-bond acceptors (Lipinski definition) is 16. The van der Waals surface area contributed by atoms with E-state index in [9.17, 15) is 30.6 Å². The van der Waals surface area contributed by atoms with Crippen LogP contribution in [0, 0.1) is 0 Å². The van der Waals surface area contributed by atoms with Crippen LogP contribution in [0.4, 0.5) is 22.7 Å². The summed E-state index contributed by atoms with van der Waals surface area (Å²) in [5, 5.41) is 76.9. The summed E-state index contributed by atoms with van der Waals surface area (Å²) < 4.78 is 15.4. The number of nitrogens with zero attached hydrogens (tertiary/aromatic N) is 8. The molecule has 10 rings (SSSR count). The first-order valence-corrected chi connectivity index (χ1v) is 22.2. The molecule has 0 spiro atoms. The van der Waals surface area contributed by atoms with Gasteiger partial charge in [-0.2, -0.15) is 10.2 Å². The van der Waals surface area contributed by atoms with E-state index in [2.05, 4.69) is 40.6 Å². The molecular weight excluding hydrogens is 821 g/mol. The zero-order chi connectivity index (χ0) is 44.6. The van der Waals surface area contributed by atoms with Gasteiger partial charge < -0.3 is 60.5 Å². The molecular formula is C46H58N10O8. The van der Waals surface area contributed by atoms with Crippen molar-refractivity contribution in [3.05, 3.63) is 95.8 Å². The molecule has 6 atom stereocenters. The molecule has 0 saturated carbocycles. The van der Waals surface area contributed by atoms with Gasteiger partial charge in [-0.05, 0) is 76.6 Å². The quantitative estimate of drug-likeness (QED) is 0.0917. The zero-order valence-electron chi connectivity index (χ0n) is 36.2. The van der Waals surface area contributed by atoms with Crippen molar-refractivity contribution in [2.45, 2.75) is 101 Å². The fourth-order valence-corrected chi connectivity index (χ4v) is 9.20. The van der Waals surface area contributed by atoms with Crippen molar-refractivity contribution in [2.75, 3.05) is 59.8 Å². The first kappa shape index (κ1) is 43.5. The SMILES string of the molecule is C[C@@]1(CO)Cc2cc(NC(O)c3cnn4cccnc34)c(N3CCC[C@@H](O)CC3)cc2O1.C[C@]1(CO)Cc2cc(NC(O)c3cnn4cccnc34)c(N3CCC[C@@H](O)CC3)cc2O1. The molecule has 2 fully saturated rings. The molecule has 64 heavy (non-hydrogen) atoms. The molecule has 18 nitrogen and oxygen atoms in total. The summed E-state index contributed by atoms with van der Waals surface area (Å²) in [6.07, 6.45) is 13.4. The van der Waals surface area contributed by atoms with Gasteiger partial charge in [0.2, 0.25) is 0 Å². The Bertz CT molecular complexity index is 2410. The number of hydrogen-bond donors (Lipinski definition) is 8. The van der Waals surface area contributed by atoms with E-state index in [4.69, 9.17) is 9.47 Å². The van der Waals surface area contributed by atoms with Gasteiger partial charge in [0.25, 0.3) is 0 Å². The van der Waals surface area contributed by atoms with Crippen LogP contribution in [0.2, 0.25) is 0 Å². The predicted octanol–water partition coefficient (Wildman–Crippen LogP) is 3.74. The second-order valence-corrected chi connectivity index (χ2v) is 17.9. The van der Waals surface area contributed by atoms with Crippen LogP contribution >= 0.6 is 0 Å². The third-order valence-corrected chi connectivity index (χ3v) is 12.7. The minimum absolute atomic E-state index is 0.0770. The molecule has 4 aromatic heterocycles. The van der Waals surface area contributed by atoms with E-state index in [-0.39, 0.29) is 25.4 Å². The van der Waals surface area contributed by atoms with Crippen LogP contribution in [0.5, 0.6) is 11.5 Å². The lowest BCUT2D eigenvalue weighted by Crippen LogP contribution is -2.34. The summed E-state index contributed by atoms with van der Waals surface area (Å²) >= 11 is 0. The van der Waals surface area contributed by atoms with E-state index < -0.39 is 23.7 Å². The number of anilines is 4. The Hall–Kier alpha value is -5.76. The van der Waals surface area contributed by atoms with Gasteiger partial charge in [-0.1, -0.05) is 0 Å². The van der Waals surface area contributed by atoms with Crippen LogP contribution in [0.3, 0.4) is 0 Å². The molecule has 0 amide bonds. The van der Waals surface area contributed by atoms with E-state index in [1.807, 2.05) is 38.1 Å². The van der Waals surface area contributed by atoms with E-state index in [0.29, 0.717) is 61.2 Å². The monoisotopic (exact) mass is 878 g/mol. The molecule has 0 bridgehead atoms. The summed E-state index contributed by atoms with van der Waals surface area (Å²) in [7, 11) is 0. The Kier molecular flexibility index (Phi) is 12.2. The first-order chi connectivity index (χ1) is 30.9. The topological polar surface area (TPSA) is 231 Å². The largest absolute Gasteiger partial charge is 0.484 e. The highest BCUT2D eigenvalue weighted by atomic mass is 16.5. The number of aliphatic hydroxyl groups excluding tert-OH is 6. The number of aromatic nitrogens is 6. The highest BCUT2D eigenvalue weighted by Crippen LogP contribution is 2.45. The Morgan fingerprint density at radius 3 is 1.52 bits per heavy atom. The highest BCUT2D eigenvalue weighted by Gasteiger charge is 2.37. The smallest absolute Gasteiger partial charge is 0.162 e. The minimum atomic E-state index is -1.01. The van der Waals surface area contributed by atoms with E-state index in [1.165, 1.54) is 0 Å². The summed E-state index contributed by atoms with van der Waals surface area (Å²) in [5.41, 5.74) is 6.35. The molecule has 340 valence electrons. The van der Waals surface area contributed by atoms with Crippen LogP contribution in [-0.4, -0.2) is 123 Å². The molecule has 0 aliphatic carbocycles. The van der Waals surface area contributed by atoms with Crippen molar-refractivity contribution in [2.24, 2.45) is 0 Å². The average molecular weight is 879 g/mol. The molecule has 8 N–H and O–H groups in total. The molecule has 2 unspecified atom stereocenters. The van der Waals surface area contributed by atoms with Crippen LogP contribution in [0.25, 0.3) is 11.3 Å². The third-order valence-electron chi connectivity index (χ3n) is 12.7. The Morgan fingerprint density at radius 2 is 1.09 bits per heavy atom. The lowest BCUT2D eigenvalue weighted by Gasteiger charge is -2.28. The molecule has 6 aromatic rings. The third kappa shape index (κ3) is 8.98. The normalized spacial score (nSPS) is 24.1. The van der Waals surface area contributed by atoms with Gasteiger partial charge >= 0.3 is 0 Å². The fourth-order valence-electron chi connectivity index (χ4n) is 9.20. The predicted molar refractivity (Wildman–Crippen MR) is 240 cm³/mol. The van der Waals surface area contributed by atoms with Crippen LogP contribution in [0.1, 0.15) is 87.1 Å². The number of aliphatic hydroxyl groups is 6. The molecule has 0 radical (unpaired) electrons. The lowest BCUT2D eigenvalue weighted by molar-refractivity contribution is 0.0446. The Morgan fingerprint density at radius 1 is 0.656 bits per heavy atom. The molecule has 2 saturated heterocycles. The zero-order valence-corrected chi connectivity index (χ0v) is 36.2. The van der Waals surface area contributed by atoms with Gasteiger partial charge in [0.15, 0.2) is 23.8 Å². The van der Waals surface area contributed by atoms with Crippen molar-refractivity contribution in [3.63, 3.8) is 0 Å². The molecule has 2 aromatic carbocycles. The van der Waals surface area contributed by atoms with Gasteiger partial charge in [-0.3, -0.25) is 0 Å². The average Bonchev–Trinajstić information content (AvgIpc) is 4.01. The van der Waals surface area contributed by atoms with Crippen molar-refractivity contribution in [1.29, 1.82) is 0 Å². The van der Waals surface area contributed by atoms with Crippen molar-refractivity contribution < 1.29 is 40.1 Å². The molecule has 18 heteroatoms. The minimum Gasteiger partial charge on any atom is -0.484 e. The van der Waals surface area contributed by atoms with Crippen molar-refractivity contribution in [1.82, 2.24) is 29.2 Å². The maximum atomic E-state index is 11.0.